The van der Waals surface area contributed by atoms with Crippen molar-refractivity contribution in [3.63, 3.8) is 0 Å². The largest absolute Gasteiger partial charge is 0.394 e. The van der Waals surface area contributed by atoms with Gasteiger partial charge in [-0.05, 0) is 44.4 Å². The van der Waals surface area contributed by atoms with Gasteiger partial charge in [0.2, 0.25) is 0 Å². The van der Waals surface area contributed by atoms with E-state index in [1.165, 1.54) is 16.7 Å². The molecule has 1 saturated carbocycles. The molecule has 1 aromatic carbocycles. The number of benzene rings is 1. The molecule has 0 spiro atoms. The fraction of sp³-hybridized carbons (Fsp3) is 0.591. The van der Waals surface area contributed by atoms with Crippen LogP contribution in [0.2, 0.25) is 5.02 Å². The summed E-state index contributed by atoms with van der Waals surface area (Å²) >= 11 is 6.24. The smallest absolute Gasteiger partial charge is 0.350 e. The molecule has 0 bridgehead atoms. The van der Waals surface area contributed by atoms with Crippen molar-refractivity contribution in [1.82, 2.24) is 19.7 Å². The summed E-state index contributed by atoms with van der Waals surface area (Å²) in [4.78, 5) is 25.7. The van der Waals surface area contributed by atoms with E-state index in [2.05, 4.69) is 10.4 Å². The molecule has 3 rings (SSSR count). The number of carbonyl (C=O) groups is 1. The second kappa shape index (κ2) is 11.1. The summed E-state index contributed by atoms with van der Waals surface area (Å²) < 4.78 is 2.55. The van der Waals surface area contributed by atoms with Crippen molar-refractivity contribution in [3.05, 3.63) is 45.1 Å². The standard InChI is InChI=1S/C22H31ClN4O5/c1-14-25-27(22(32)26(14)11-10-17(29)13-28)16-8-9-19(23)18(12-16)21(31)24-20(30)15-6-4-2-3-5-7-15/h8-9,12,15,17,20,28-30H,2-7,10-11,13H2,1H3,(H,24,31). The van der Waals surface area contributed by atoms with Crippen LogP contribution in [0, 0.1) is 12.8 Å². The van der Waals surface area contributed by atoms with E-state index in [9.17, 15) is 19.8 Å². The lowest BCUT2D eigenvalue weighted by Crippen LogP contribution is -2.40. The molecule has 2 aromatic rings. The van der Waals surface area contributed by atoms with E-state index >= 15 is 0 Å². The highest BCUT2D eigenvalue weighted by Gasteiger charge is 2.24. The van der Waals surface area contributed by atoms with Crippen LogP contribution in [0.3, 0.4) is 0 Å². The molecule has 0 radical (unpaired) electrons. The molecule has 2 unspecified atom stereocenters. The molecule has 4 N–H and O–H groups in total. The maximum absolute atomic E-state index is 12.8. The van der Waals surface area contributed by atoms with Gasteiger partial charge in [-0.1, -0.05) is 37.3 Å². The van der Waals surface area contributed by atoms with Crippen molar-refractivity contribution in [2.45, 2.75) is 70.7 Å². The number of aliphatic hydroxyl groups excluding tert-OH is 3. The van der Waals surface area contributed by atoms with Gasteiger partial charge in [-0.2, -0.15) is 9.78 Å². The number of halogens is 1. The number of carbonyl (C=O) groups excluding carboxylic acids is 1. The highest BCUT2D eigenvalue weighted by molar-refractivity contribution is 6.33. The molecule has 2 atom stereocenters. The predicted molar refractivity (Wildman–Crippen MR) is 120 cm³/mol. The molecule has 1 aromatic heterocycles. The summed E-state index contributed by atoms with van der Waals surface area (Å²) in [6, 6.07) is 4.57. The van der Waals surface area contributed by atoms with E-state index in [0.717, 1.165) is 43.2 Å². The maximum atomic E-state index is 12.8. The second-order valence-corrected chi connectivity index (χ2v) is 8.76. The van der Waals surface area contributed by atoms with E-state index in [0.29, 0.717) is 11.5 Å². The van der Waals surface area contributed by atoms with Crippen molar-refractivity contribution >= 4 is 17.5 Å². The van der Waals surface area contributed by atoms with Gasteiger partial charge >= 0.3 is 5.69 Å². The van der Waals surface area contributed by atoms with Crippen molar-refractivity contribution in [2.24, 2.45) is 5.92 Å². The van der Waals surface area contributed by atoms with Crippen LogP contribution in [0.5, 0.6) is 0 Å². The molecule has 0 aliphatic heterocycles. The van der Waals surface area contributed by atoms with Crippen molar-refractivity contribution < 1.29 is 20.1 Å². The SMILES string of the molecule is Cc1nn(-c2ccc(Cl)c(C(=O)NC(O)C3CCCCCC3)c2)c(=O)n1CCC(O)CO. The van der Waals surface area contributed by atoms with Crippen LogP contribution in [0.25, 0.3) is 5.69 Å². The summed E-state index contributed by atoms with van der Waals surface area (Å²) in [6.07, 6.45) is 4.42. The van der Waals surface area contributed by atoms with Crippen LogP contribution in [0.1, 0.15) is 61.1 Å². The Labute approximate surface area is 191 Å². The molecule has 32 heavy (non-hydrogen) atoms. The van der Waals surface area contributed by atoms with Gasteiger partial charge < -0.3 is 20.6 Å². The van der Waals surface area contributed by atoms with Crippen molar-refractivity contribution in [1.29, 1.82) is 0 Å². The van der Waals surface area contributed by atoms with Crippen LogP contribution in [0.4, 0.5) is 0 Å². The Bertz CT molecular complexity index is 981. The molecule has 1 aliphatic carbocycles. The minimum atomic E-state index is -0.956. The van der Waals surface area contributed by atoms with Crippen LogP contribution >= 0.6 is 11.6 Å². The zero-order valence-electron chi connectivity index (χ0n) is 18.2. The fourth-order valence-corrected chi connectivity index (χ4v) is 4.27. The maximum Gasteiger partial charge on any atom is 0.350 e. The minimum absolute atomic E-state index is 0.0126. The van der Waals surface area contributed by atoms with E-state index in [4.69, 9.17) is 16.7 Å². The third-order valence-corrected chi connectivity index (χ3v) is 6.34. The number of hydrogen-bond acceptors (Lipinski definition) is 6. The van der Waals surface area contributed by atoms with E-state index in [-0.39, 0.29) is 36.1 Å². The fourth-order valence-electron chi connectivity index (χ4n) is 4.06. The van der Waals surface area contributed by atoms with Crippen LogP contribution < -0.4 is 11.0 Å². The molecule has 10 heteroatoms. The average Bonchev–Trinajstić information content (AvgIpc) is 2.95. The molecule has 1 fully saturated rings. The zero-order valence-corrected chi connectivity index (χ0v) is 19.0. The summed E-state index contributed by atoms with van der Waals surface area (Å²) in [5, 5.41) is 36.2. The number of nitrogens with one attached hydrogen (secondary N) is 1. The highest BCUT2D eigenvalue weighted by Crippen LogP contribution is 2.25. The Morgan fingerprint density at radius 2 is 1.94 bits per heavy atom. The van der Waals surface area contributed by atoms with Gasteiger partial charge in [-0.25, -0.2) is 4.79 Å². The number of rotatable bonds is 8. The van der Waals surface area contributed by atoms with Gasteiger partial charge in [0.1, 0.15) is 12.1 Å². The topological polar surface area (TPSA) is 130 Å². The first-order valence-corrected chi connectivity index (χ1v) is 11.4. The monoisotopic (exact) mass is 466 g/mol. The molecular formula is C22H31ClN4O5. The first-order valence-electron chi connectivity index (χ1n) is 11.1. The van der Waals surface area contributed by atoms with Crippen molar-refractivity contribution in [2.75, 3.05) is 6.61 Å². The molecule has 176 valence electrons. The van der Waals surface area contributed by atoms with Crippen LogP contribution in [0.15, 0.2) is 23.0 Å². The Hall–Kier alpha value is -2.20. The molecule has 1 heterocycles. The number of aromatic nitrogens is 3. The first-order chi connectivity index (χ1) is 15.3. The first kappa shape index (κ1) is 24.4. The lowest BCUT2D eigenvalue weighted by atomic mass is 9.98. The lowest BCUT2D eigenvalue weighted by Gasteiger charge is -2.22. The molecule has 1 aliphatic rings. The second-order valence-electron chi connectivity index (χ2n) is 8.35. The Balaban J connectivity index is 1.79. The number of aliphatic hydroxyl groups is 3. The number of hydrogen-bond donors (Lipinski definition) is 4. The normalized spacial score (nSPS) is 17.0. The Kier molecular flexibility index (Phi) is 8.47. The number of amides is 1. The zero-order chi connectivity index (χ0) is 23.3. The highest BCUT2D eigenvalue weighted by atomic mass is 35.5. The van der Waals surface area contributed by atoms with Crippen molar-refractivity contribution in [3.8, 4) is 5.69 Å². The van der Waals surface area contributed by atoms with E-state index in [1.807, 2.05) is 0 Å². The van der Waals surface area contributed by atoms with Gasteiger partial charge in [0.15, 0.2) is 0 Å². The molecular weight excluding hydrogens is 436 g/mol. The Morgan fingerprint density at radius 1 is 1.25 bits per heavy atom. The lowest BCUT2D eigenvalue weighted by molar-refractivity contribution is 0.0532. The Morgan fingerprint density at radius 3 is 2.59 bits per heavy atom. The predicted octanol–water partition coefficient (Wildman–Crippen LogP) is 1.76. The van der Waals surface area contributed by atoms with Gasteiger partial charge in [0, 0.05) is 12.5 Å². The quantitative estimate of drug-likeness (QED) is 0.346. The summed E-state index contributed by atoms with van der Waals surface area (Å²) in [6.45, 7) is 1.47. The van der Waals surface area contributed by atoms with Gasteiger partial charge in [0.05, 0.1) is 29.0 Å². The minimum Gasteiger partial charge on any atom is -0.394 e. The third kappa shape index (κ3) is 5.78. The van der Waals surface area contributed by atoms with E-state index < -0.39 is 23.9 Å². The number of aryl methyl sites for hydroxylation is 1. The summed E-state index contributed by atoms with van der Waals surface area (Å²) in [5.74, 6) is -0.0626. The van der Waals surface area contributed by atoms with E-state index in [1.54, 1.807) is 13.0 Å². The van der Waals surface area contributed by atoms with Crippen LogP contribution in [-0.2, 0) is 6.54 Å². The molecule has 1 amide bonds. The molecule has 9 nitrogen and oxygen atoms in total. The average molecular weight is 467 g/mol. The van der Waals surface area contributed by atoms with Gasteiger partial charge in [-0.3, -0.25) is 9.36 Å². The van der Waals surface area contributed by atoms with Crippen LogP contribution in [-0.4, -0.2) is 54.5 Å². The number of nitrogens with zero attached hydrogens (tertiary/aromatic N) is 3. The van der Waals surface area contributed by atoms with Gasteiger partial charge in [0.25, 0.3) is 5.91 Å². The third-order valence-electron chi connectivity index (χ3n) is 6.01. The summed E-state index contributed by atoms with van der Waals surface area (Å²) in [7, 11) is 0. The molecule has 0 saturated heterocycles. The van der Waals surface area contributed by atoms with Gasteiger partial charge in [-0.15, -0.1) is 0 Å². The summed E-state index contributed by atoms with van der Waals surface area (Å²) in [5.41, 5.74) is 0.0736.